The van der Waals surface area contributed by atoms with Crippen molar-refractivity contribution < 1.29 is 45.2 Å². The fraction of sp³-hybridized carbons (Fsp3) is 0.353. The van der Waals surface area contributed by atoms with Crippen LogP contribution in [0.1, 0.15) is 76.6 Å². The zero-order valence-corrected chi connectivity index (χ0v) is 29.0. The van der Waals surface area contributed by atoms with Crippen molar-refractivity contribution in [1.82, 2.24) is 0 Å². The Morgan fingerprint density at radius 1 is 0.789 bits per heavy atom. The maximum absolute atomic E-state index is 2.72. The Kier molecular flexibility index (Phi) is 10.0. The summed E-state index contributed by atoms with van der Waals surface area (Å²) in [6, 6.07) is 25.8. The van der Waals surface area contributed by atoms with E-state index in [0.29, 0.717) is 13.2 Å². The molecule has 0 saturated carbocycles. The summed E-state index contributed by atoms with van der Waals surface area (Å²) in [7, 11) is 0. The zero-order valence-electron chi connectivity index (χ0n) is 24.0. The van der Waals surface area contributed by atoms with Crippen LogP contribution < -0.4 is 24.8 Å². The summed E-state index contributed by atoms with van der Waals surface area (Å²) in [6.07, 6.45) is 5.27. The van der Waals surface area contributed by atoms with E-state index in [9.17, 15) is 0 Å². The zero-order chi connectivity index (χ0) is 25.8. The van der Waals surface area contributed by atoms with E-state index in [1.54, 1.807) is 22.3 Å². The van der Waals surface area contributed by atoms with Gasteiger partial charge in [0, 0.05) is 0 Å². The molecule has 0 saturated heterocycles. The van der Waals surface area contributed by atoms with Crippen LogP contribution in [0.4, 0.5) is 0 Å². The normalized spacial score (nSPS) is 17.4. The molecule has 0 aromatic heterocycles. The van der Waals surface area contributed by atoms with Crippen molar-refractivity contribution in [2.75, 3.05) is 0 Å². The second kappa shape index (κ2) is 12.1. The molecule has 0 radical (unpaired) electrons. The monoisotopic (exact) mass is 636 g/mol. The van der Waals surface area contributed by atoms with E-state index in [-0.39, 0.29) is 30.2 Å². The van der Waals surface area contributed by atoms with Crippen LogP contribution in [0.2, 0.25) is 13.1 Å². The van der Waals surface area contributed by atoms with Gasteiger partial charge in [0.1, 0.15) is 0 Å². The van der Waals surface area contributed by atoms with Gasteiger partial charge in [0.15, 0.2) is 0 Å². The summed E-state index contributed by atoms with van der Waals surface area (Å²) in [6.45, 7) is 19.3. The average Bonchev–Trinajstić information content (AvgIpc) is 3.37. The molecule has 0 bridgehead atoms. The third-order valence-corrected chi connectivity index (χ3v) is 27.6. The molecule has 2 atom stereocenters. The minimum atomic E-state index is -1.98. The number of benzene rings is 3. The SMILES string of the molecule is CC1=Cc2c(-c3ccc(C(C)(C)C)cc3)cccc2[CH]1[Zr+2]([CH]1C=C(C(C)C)c2ccccc21)=[Si](C)C.[Cl-].[Cl-]. The molecule has 0 nitrogen and oxygen atoms in total. The maximum Gasteiger partial charge on any atom is -1.00 e. The quantitative estimate of drug-likeness (QED) is 0.382. The van der Waals surface area contributed by atoms with Crippen molar-refractivity contribution in [3.05, 3.63) is 106 Å². The molecule has 2 unspecified atom stereocenters. The molecule has 0 amide bonds. The van der Waals surface area contributed by atoms with Crippen molar-refractivity contribution in [1.29, 1.82) is 0 Å². The fourth-order valence-electron chi connectivity index (χ4n) is 6.30. The molecule has 0 aliphatic heterocycles. The summed E-state index contributed by atoms with van der Waals surface area (Å²) >= 11 is -1.98. The fourth-order valence-corrected chi connectivity index (χ4v) is 26.1. The van der Waals surface area contributed by atoms with E-state index in [1.807, 2.05) is 0 Å². The van der Waals surface area contributed by atoms with Crippen LogP contribution in [0.5, 0.6) is 0 Å². The molecule has 0 fully saturated rings. The number of hydrogen-bond donors (Lipinski definition) is 0. The topological polar surface area (TPSA) is 0 Å². The van der Waals surface area contributed by atoms with Gasteiger partial charge in [-0.2, -0.15) is 0 Å². The minimum absolute atomic E-state index is 0. The Hall–Kier alpha value is -1.18. The van der Waals surface area contributed by atoms with E-state index in [0.717, 1.165) is 0 Å². The van der Waals surface area contributed by atoms with Crippen molar-refractivity contribution >= 4 is 17.1 Å². The van der Waals surface area contributed by atoms with Gasteiger partial charge in [-0.25, -0.2) is 0 Å². The molecule has 0 N–H and O–H groups in total. The van der Waals surface area contributed by atoms with Gasteiger partial charge in [-0.05, 0) is 0 Å². The molecular weight excluding hydrogens is 599 g/mol. The van der Waals surface area contributed by atoms with Crippen LogP contribution in [-0.4, -0.2) is 5.43 Å². The first-order valence-electron chi connectivity index (χ1n) is 13.5. The predicted octanol–water partition coefficient (Wildman–Crippen LogP) is 3.78. The van der Waals surface area contributed by atoms with Crippen molar-refractivity contribution in [3.63, 3.8) is 0 Å². The first-order chi connectivity index (χ1) is 17.1. The third kappa shape index (κ3) is 5.67. The van der Waals surface area contributed by atoms with Gasteiger partial charge < -0.3 is 24.8 Å². The number of fused-ring (bicyclic) bond motifs is 2. The Bertz CT molecular complexity index is 1420. The first-order valence-corrected chi connectivity index (χ1v) is 22.5. The van der Waals surface area contributed by atoms with Crippen molar-refractivity contribution in [2.24, 2.45) is 5.92 Å². The summed E-state index contributed by atoms with van der Waals surface area (Å²) in [5, 5.41) is 0. The van der Waals surface area contributed by atoms with E-state index in [1.165, 1.54) is 27.8 Å². The van der Waals surface area contributed by atoms with Crippen LogP contribution in [-0.2, 0) is 25.8 Å². The van der Waals surface area contributed by atoms with Gasteiger partial charge in [0.25, 0.3) is 0 Å². The second-order valence-electron chi connectivity index (χ2n) is 12.3. The summed E-state index contributed by atoms with van der Waals surface area (Å²) in [5.74, 6) is 0.584. The van der Waals surface area contributed by atoms with Crippen LogP contribution in [0.15, 0.2) is 78.4 Å². The largest absolute Gasteiger partial charge is 1.00 e. The Labute approximate surface area is 251 Å². The van der Waals surface area contributed by atoms with Gasteiger partial charge in [-0.3, -0.25) is 0 Å². The number of halogens is 2. The molecule has 38 heavy (non-hydrogen) atoms. The smallest absolute Gasteiger partial charge is 1.00 e. The van der Waals surface area contributed by atoms with E-state index >= 15 is 0 Å². The van der Waals surface area contributed by atoms with Crippen LogP contribution in [0, 0.1) is 5.92 Å². The summed E-state index contributed by atoms with van der Waals surface area (Å²) in [4.78, 5) is 0. The van der Waals surface area contributed by atoms with E-state index in [2.05, 4.69) is 134 Å². The minimum Gasteiger partial charge on any atom is -1.00 e. The number of rotatable bonds is 4. The van der Waals surface area contributed by atoms with E-state index in [4.69, 9.17) is 0 Å². The summed E-state index contributed by atoms with van der Waals surface area (Å²) in [5.41, 5.74) is 13.4. The first kappa shape index (κ1) is 31.3. The predicted molar refractivity (Wildman–Crippen MR) is 156 cm³/mol. The van der Waals surface area contributed by atoms with Gasteiger partial charge in [-0.1, -0.05) is 0 Å². The molecule has 2 aliphatic rings. The number of hydrogen-bond acceptors (Lipinski definition) is 0. The molecule has 4 heteroatoms. The second-order valence-corrected chi connectivity index (χ2v) is 30.2. The average molecular weight is 639 g/mol. The van der Waals surface area contributed by atoms with Crippen LogP contribution in [0.25, 0.3) is 22.8 Å². The molecule has 3 aromatic rings. The van der Waals surface area contributed by atoms with Gasteiger partial charge in [0.05, 0.1) is 0 Å². The molecule has 0 spiro atoms. The van der Waals surface area contributed by atoms with Crippen molar-refractivity contribution in [2.45, 2.75) is 67.3 Å². The molecule has 0 heterocycles. The Balaban J connectivity index is 0.00000200. The van der Waals surface area contributed by atoms with Crippen LogP contribution in [0.3, 0.4) is 0 Å². The maximum atomic E-state index is 2.72. The Morgan fingerprint density at radius 2 is 1.39 bits per heavy atom. The third-order valence-electron chi connectivity index (χ3n) is 8.14. The van der Waals surface area contributed by atoms with Gasteiger partial charge >= 0.3 is 228 Å². The number of allylic oxidation sites excluding steroid dienone is 3. The standard InChI is InChI=1S/C20H21.C12H13.C2H6Si.2ClH.Zr/c1-14-12-16-6-5-7-18(19(16)13-14)15-8-10-17(11-9-15)20(2,3)4;1-9(2)11-8-7-10-5-3-4-6-12(10)11;1-3-2;;;/h5-13H,1-4H3;3-9H,1-2H3;1-2H3;2*1H;/q;;;;;+2/p-2. The van der Waals surface area contributed by atoms with Gasteiger partial charge in [-0.15, -0.1) is 0 Å². The summed E-state index contributed by atoms with van der Waals surface area (Å²) < 4.78 is 1.37. The van der Waals surface area contributed by atoms with Crippen LogP contribution >= 0.6 is 0 Å². The molecule has 3 aromatic carbocycles. The molecular formula is C34H40Cl2SiZr. The Morgan fingerprint density at radius 3 is 2.00 bits per heavy atom. The molecule has 5 rings (SSSR count). The van der Waals surface area contributed by atoms with E-state index < -0.39 is 25.8 Å². The van der Waals surface area contributed by atoms with Gasteiger partial charge in [0.2, 0.25) is 0 Å². The van der Waals surface area contributed by atoms with Crippen molar-refractivity contribution in [3.8, 4) is 11.1 Å². The molecule has 198 valence electrons. The molecule has 2 aliphatic carbocycles.